The third-order valence-corrected chi connectivity index (χ3v) is 5.76. The van der Waals surface area contributed by atoms with Crippen molar-refractivity contribution in [2.45, 2.75) is 38.3 Å². The molecular weight excluding hydrogens is 352 g/mol. The first-order valence-corrected chi connectivity index (χ1v) is 10.1. The van der Waals surface area contributed by atoms with Crippen molar-refractivity contribution in [1.29, 1.82) is 0 Å². The molecule has 2 aromatic carbocycles. The minimum atomic E-state index is 0.0239. The highest BCUT2D eigenvalue weighted by molar-refractivity contribution is 5.95. The van der Waals surface area contributed by atoms with Crippen molar-refractivity contribution >= 4 is 11.6 Å². The van der Waals surface area contributed by atoms with E-state index in [1.807, 2.05) is 35.2 Å². The van der Waals surface area contributed by atoms with Gasteiger partial charge in [0.15, 0.2) is 11.5 Å². The third-order valence-electron chi connectivity index (χ3n) is 5.76. The Labute approximate surface area is 166 Å². The lowest BCUT2D eigenvalue weighted by Gasteiger charge is -2.22. The maximum absolute atomic E-state index is 13.2. The number of methoxy groups -OCH3 is 1. The van der Waals surface area contributed by atoms with Crippen molar-refractivity contribution in [3.63, 3.8) is 0 Å². The van der Waals surface area contributed by atoms with Crippen molar-refractivity contribution in [3.05, 3.63) is 53.6 Å². The average molecular weight is 380 g/mol. The maximum atomic E-state index is 13.2. The second-order valence-corrected chi connectivity index (χ2v) is 7.67. The molecule has 0 bridgehead atoms. The quantitative estimate of drug-likeness (QED) is 0.801. The van der Waals surface area contributed by atoms with Crippen LogP contribution in [0.15, 0.2) is 42.5 Å². The summed E-state index contributed by atoms with van der Waals surface area (Å²) in [5, 5.41) is 0. The van der Waals surface area contributed by atoms with Crippen LogP contribution in [0.25, 0.3) is 0 Å². The molecule has 1 fully saturated rings. The molecule has 2 aromatic rings. The summed E-state index contributed by atoms with van der Waals surface area (Å²) in [6.45, 7) is 2.11. The lowest BCUT2D eigenvalue weighted by atomic mass is 10.1. The first-order chi connectivity index (χ1) is 13.7. The first-order valence-electron chi connectivity index (χ1n) is 10.1. The van der Waals surface area contributed by atoms with E-state index >= 15 is 0 Å². The second kappa shape index (κ2) is 8.13. The molecule has 5 heteroatoms. The minimum absolute atomic E-state index is 0.0239. The summed E-state index contributed by atoms with van der Waals surface area (Å²) in [5.74, 6) is 1.38. The number of carbonyl (C=O) groups is 1. The maximum Gasteiger partial charge on any atom is 0.254 e. The van der Waals surface area contributed by atoms with Crippen LogP contribution >= 0.6 is 0 Å². The van der Waals surface area contributed by atoms with Gasteiger partial charge in [-0.1, -0.05) is 18.2 Å². The Morgan fingerprint density at radius 3 is 2.61 bits per heavy atom. The van der Waals surface area contributed by atoms with Crippen molar-refractivity contribution in [1.82, 2.24) is 4.90 Å². The molecule has 28 heavy (non-hydrogen) atoms. The molecule has 0 unspecified atom stereocenters. The Bertz CT molecular complexity index is 845. The van der Waals surface area contributed by atoms with E-state index in [0.717, 1.165) is 25.1 Å². The van der Waals surface area contributed by atoms with Crippen molar-refractivity contribution < 1.29 is 14.3 Å². The van der Waals surface area contributed by atoms with Crippen LogP contribution in [-0.4, -0.2) is 44.2 Å². The number of nitrogens with zero attached hydrogens (tertiary/aromatic N) is 2. The summed E-state index contributed by atoms with van der Waals surface area (Å²) in [6.07, 6.45) is 4.87. The molecule has 0 spiro atoms. The lowest BCUT2D eigenvalue weighted by Crippen LogP contribution is -2.34. The highest BCUT2D eigenvalue weighted by atomic mass is 16.5. The van der Waals surface area contributed by atoms with Crippen LogP contribution in [0.4, 0.5) is 5.69 Å². The smallest absolute Gasteiger partial charge is 0.254 e. The van der Waals surface area contributed by atoms with E-state index in [0.29, 0.717) is 24.4 Å². The van der Waals surface area contributed by atoms with Crippen molar-refractivity contribution in [2.24, 2.45) is 0 Å². The van der Waals surface area contributed by atoms with Crippen LogP contribution in [0, 0.1) is 0 Å². The van der Waals surface area contributed by atoms with Gasteiger partial charge in [0.1, 0.15) is 0 Å². The van der Waals surface area contributed by atoms with Crippen LogP contribution in [0.3, 0.4) is 0 Å². The predicted molar refractivity (Wildman–Crippen MR) is 110 cm³/mol. The number of amides is 1. The zero-order valence-corrected chi connectivity index (χ0v) is 16.7. The molecule has 4 rings (SSSR count). The largest absolute Gasteiger partial charge is 0.493 e. The van der Waals surface area contributed by atoms with E-state index in [-0.39, 0.29) is 12.0 Å². The summed E-state index contributed by atoms with van der Waals surface area (Å²) in [6, 6.07) is 13.8. The molecule has 0 atom stereocenters. The van der Waals surface area contributed by atoms with E-state index in [4.69, 9.17) is 9.47 Å². The second-order valence-electron chi connectivity index (χ2n) is 7.67. The van der Waals surface area contributed by atoms with Gasteiger partial charge in [0.25, 0.3) is 5.91 Å². The van der Waals surface area contributed by atoms with Crippen molar-refractivity contribution in [3.8, 4) is 11.5 Å². The van der Waals surface area contributed by atoms with E-state index in [1.165, 1.54) is 24.1 Å². The molecule has 148 valence electrons. The number of likely N-dealkylation sites (N-methyl/N-ethyl adjacent to an activating group) is 1. The van der Waals surface area contributed by atoms with Gasteiger partial charge in [-0.25, -0.2) is 0 Å². The number of carbonyl (C=O) groups excluding carboxylic acids is 1. The van der Waals surface area contributed by atoms with E-state index in [1.54, 1.807) is 7.11 Å². The Kier molecular flexibility index (Phi) is 5.42. The molecule has 0 aromatic heterocycles. The van der Waals surface area contributed by atoms with E-state index in [9.17, 15) is 4.79 Å². The Hall–Kier alpha value is -2.69. The number of hydrogen-bond acceptors (Lipinski definition) is 4. The van der Waals surface area contributed by atoms with Crippen LogP contribution in [0.5, 0.6) is 11.5 Å². The zero-order chi connectivity index (χ0) is 19.5. The Morgan fingerprint density at radius 2 is 1.82 bits per heavy atom. The fourth-order valence-corrected chi connectivity index (χ4v) is 4.13. The summed E-state index contributed by atoms with van der Waals surface area (Å²) in [5.41, 5.74) is 3.00. The van der Waals surface area contributed by atoms with Gasteiger partial charge in [-0.2, -0.15) is 0 Å². The Balaban J connectivity index is 1.54. The van der Waals surface area contributed by atoms with Crippen LogP contribution in [0.2, 0.25) is 0 Å². The monoisotopic (exact) mass is 380 g/mol. The number of ether oxygens (including phenoxy) is 2. The first kappa shape index (κ1) is 18.7. The molecule has 2 aliphatic rings. The van der Waals surface area contributed by atoms with E-state index < -0.39 is 0 Å². The normalized spacial score (nSPS) is 17.2. The number of benzene rings is 2. The molecule has 0 saturated heterocycles. The summed E-state index contributed by atoms with van der Waals surface area (Å²) < 4.78 is 11.6. The highest BCUT2D eigenvalue weighted by Gasteiger charge is 2.24. The van der Waals surface area contributed by atoms with Crippen molar-refractivity contribution in [2.75, 3.05) is 32.1 Å². The molecular formula is C23H28N2O3. The molecule has 5 nitrogen and oxygen atoms in total. The topological polar surface area (TPSA) is 42.0 Å². The number of para-hydroxylation sites is 1. The lowest BCUT2D eigenvalue weighted by molar-refractivity contribution is 0.0751. The van der Waals surface area contributed by atoms with Gasteiger partial charge in [0, 0.05) is 37.9 Å². The van der Waals surface area contributed by atoms with Gasteiger partial charge in [0.05, 0.1) is 13.2 Å². The molecule has 0 radical (unpaired) electrons. The number of hydrogen-bond donors (Lipinski definition) is 0. The zero-order valence-electron chi connectivity index (χ0n) is 16.7. The van der Waals surface area contributed by atoms with Crippen LogP contribution in [0.1, 0.15) is 41.6 Å². The molecule has 1 amide bonds. The number of rotatable bonds is 4. The van der Waals surface area contributed by atoms with Crippen LogP contribution < -0.4 is 14.4 Å². The summed E-state index contributed by atoms with van der Waals surface area (Å²) in [4.78, 5) is 17.3. The number of anilines is 1. The Morgan fingerprint density at radius 1 is 1.04 bits per heavy atom. The van der Waals surface area contributed by atoms with Gasteiger partial charge in [-0.05, 0) is 55.5 Å². The van der Waals surface area contributed by atoms with Gasteiger partial charge < -0.3 is 19.3 Å². The highest BCUT2D eigenvalue weighted by Crippen LogP contribution is 2.33. The van der Waals surface area contributed by atoms with Gasteiger partial charge in [-0.15, -0.1) is 0 Å². The number of fused-ring (bicyclic) bond motifs is 1. The van der Waals surface area contributed by atoms with E-state index in [2.05, 4.69) is 24.1 Å². The standard InChI is InChI=1S/C23H28N2O3/c1-24-13-14-25(16-18-7-3-6-10-20(18)24)23(26)17-11-12-21(22(15-17)27-2)28-19-8-4-5-9-19/h3,6-7,10-12,15,19H,4-5,8-9,13-14,16H2,1-2H3. The van der Waals surface area contributed by atoms with Crippen LogP contribution in [-0.2, 0) is 6.54 Å². The third kappa shape index (κ3) is 3.79. The predicted octanol–water partition coefficient (Wildman–Crippen LogP) is 4.11. The van der Waals surface area contributed by atoms with Gasteiger partial charge in [0.2, 0.25) is 0 Å². The fourth-order valence-electron chi connectivity index (χ4n) is 4.13. The minimum Gasteiger partial charge on any atom is -0.493 e. The molecule has 1 saturated carbocycles. The SMILES string of the molecule is COc1cc(C(=O)N2CCN(C)c3ccccc3C2)ccc1OC1CCCC1. The molecule has 0 N–H and O–H groups in total. The fraction of sp³-hybridized carbons (Fsp3) is 0.435. The molecule has 1 aliphatic carbocycles. The van der Waals surface area contributed by atoms with Gasteiger partial charge in [-0.3, -0.25) is 4.79 Å². The molecule has 1 heterocycles. The molecule has 1 aliphatic heterocycles. The summed E-state index contributed by atoms with van der Waals surface area (Å²) >= 11 is 0. The summed E-state index contributed by atoms with van der Waals surface area (Å²) in [7, 11) is 3.70. The van der Waals surface area contributed by atoms with Gasteiger partial charge >= 0.3 is 0 Å². The average Bonchev–Trinajstić information content (AvgIpc) is 3.17.